The van der Waals surface area contributed by atoms with Crippen LogP contribution >= 0.6 is 11.6 Å². The Morgan fingerprint density at radius 3 is 2.62 bits per heavy atom. The molecular formula is C19H25ClN4O2. The minimum Gasteiger partial charge on any atom is -0.381 e. The van der Waals surface area contributed by atoms with Crippen molar-refractivity contribution in [2.75, 3.05) is 38.2 Å². The van der Waals surface area contributed by atoms with Gasteiger partial charge in [-0.2, -0.15) is 5.10 Å². The molecule has 0 spiro atoms. The summed E-state index contributed by atoms with van der Waals surface area (Å²) in [6.07, 6.45) is 1.63. The van der Waals surface area contributed by atoms with Gasteiger partial charge in [-0.05, 0) is 19.4 Å². The SMILES string of the molecule is CC(C)(CNc1cnn(Cc2ccccc2)c(=O)c1Cl)N1CCOCC1. The Labute approximate surface area is 158 Å². The number of anilines is 1. The second-order valence-corrected chi connectivity index (χ2v) is 7.46. The number of ether oxygens (including phenoxy) is 1. The monoisotopic (exact) mass is 376 g/mol. The highest BCUT2D eigenvalue weighted by atomic mass is 35.5. The fraction of sp³-hybridized carbons (Fsp3) is 0.474. The maximum atomic E-state index is 12.5. The van der Waals surface area contributed by atoms with Crippen LogP contribution in [0.2, 0.25) is 5.02 Å². The third kappa shape index (κ3) is 4.44. The molecule has 2 aromatic rings. The van der Waals surface area contributed by atoms with Crippen molar-refractivity contribution in [2.24, 2.45) is 0 Å². The van der Waals surface area contributed by atoms with Gasteiger partial charge in [-0.15, -0.1) is 0 Å². The van der Waals surface area contributed by atoms with Gasteiger partial charge in [0, 0.05) is 25.2 Å². The molecule has 2 heterocycles. The topological polar surface area (TPSA) is 59.4 Å². The summed E-state index contributed by atoms with van der Waals surface area (Å²) in [5.74, 6) is 0. The third-order valence-electron chi connectivity index (χ3n) is 4.74. The van der Waals surface area contributed by atoms with Crippen molar-refractivity contribution < 1.29 is 4.74 Å². The molecule has 1 saturated heterocycles. The largest absolute Gasteiger partial charge is 0.381 e. The van der Waals surface area contributed by atoms with E-state index in [9.17, 15) is 4.79 Å². The molecule has 1 fully saturated rings. The molecule has 0 atom stereocenters. The van der Waals surface area contributed by atoms with Gasteiger partial charge >= 0.3 is 0 Å². The highest BCUT2D eigenvalue weighted by molar-refractivity contribution is 6.32. The van der Waals surface area contributed by atoms with E-state index in [0.29, 0.717) is 18.8 Å². The zero-order valence-corrected chi connectivity index (χ0v) is 16.0. The van der Waals surface area contributed by atoms with Gasteiger partial charge < -0.3 is 10.1 Å². The Morgan fingerprint density at radius 1 is 1.23 bits per heavy atom. The summed E-state index contributed by atoms with van der Waals surface area (Å²) in [5.41, 5.74) is 1.21. The molecule has 1 aromatic heterocycles. The Bertz CT molecular complexity index is 786. The van der Waals surface area contributed by atoms with E-state index in [1.165, 1.54) is 4.68 Å². The second kappa shape index (κ2) is 8.20. The predicted molar refractivity (Wildman–Crippen MR) is 104 cm³/mol. The van der Waals surface area contributed by atoms with Crippen molar-refractivity contribution >= 4 is 17.3 Å². The van der Waals surface area contributed by atoms with Crippen LogP contribution in [-0.4, -0.2) is 53.1 Å². The molecule has 0 amide bonds. The van der Waals surface area contributed by atoms with Crippen LogP contribution in [0.4, 0.5) is 5.69 Å². The number of nitrogens with zero attached hydrogens (tertiary/aromatic N) is 3. The maximum Gasteiger partial charge on any atom is 0.287 e. The first-order valence-corrected chi connectivity index (χ1v) is 9.21. The van der Waals surface area contributed by atoms with E-state index in [4.69, 9.17) is 16.3 Å². The molecule has 0 aliphatic carbocycles. The first-order chi connectivity index (χ1) is 12.5. The van der Waals surface area contributed by atoms with Gasteiger partial charge in [-0.3, -0.25) is 9.69 Å². The molecule has 6 nitrogen and oxygen atoms in total. The third-order valence-corrected chi connectivity index (χ3v) is 5.10. The number of morpholine rings is 1. The number of rotatable bonds is 6. The predicted octanol–water partition coefficient (Wildman–Crippen LogP) is 2.47. The highest BCUT2D eigenvalue weighted by Crippen LogP contribution is 2.20. The van der Waals surface area contributed by atoms with E-state index in [0.717, 1.165) is 31.9 Å². The normalized spacial score (nSPS) is 15.8. The van der Waals surface area contributed by atoms with Crippen molar-refractivity contribution in [1.29, 1.82) is 0 Å². The van der Waals surface area contributed by atoms with Crippen LogP contribution in [0, 0.1) is 0 Å². The summed E-state index contributed by atoms with van der Waals surface area (Å²) in [6.45, 7) is 8.71. The van der Waals surface area contributed by atoms with Crippen LogP contribution in [0.5, 0.6) is 0 Å². The van der Waals surface area contributed by atoms with Crippen LogP contribution in [0.15, 0.2) is 41.3 Å². The van der Waals surface area contributed by atoms with E-state index in [1.54, 1.807) is 6.20 Å². The lowest BCUT2D eigenvalue weighted by atomic mass is 10.0. The van der Waals surface area contributed by atoms with Gasteiger partial charge in [0.05, 0.1) is 31.6 Å². The average molecular weight is 377 g/mol. The number of halogens is 1. The number of hydrogen-bond acceptors (Lipinski definition) is 5. The molecule has 3 rings (SSSR count). The first-order valence-electron chi connectivity index (χ1n) is 8.83. The smallest absolute Gasteiger partial charge is 0.287 e. The summed E-state index contributed by atoms with van der Waals surface area (Å²) < 4.78 is 6.80. The molecule has 140 valence electrons. The molecule has 7 heteroatoms. The van der Waals surface area contributed by atoms with Gasteiger partial charge in [0.15, 0.2) is 0 Å². The molecule has 0 bridgehead atoms. The maximum absolute atomic E-state index is 12.5. The summed E-state index contributed by atoms with van der Waals surface area (Å²) in [5, 5.41) is 7.74. The lowest BCUT2D eigenvalue weighted by Gasteiger charge is -2.41. The summed E-state index contributed by atoms with van der Waals surface area (Å²) in [7, 11) is 0. The van der Waals surface area contributed by atoms with E-state index in [-0.39, 0.29) is 16.1 Å². The van der Waals surface area contributed by atoms with Crippen molar-refractivity contribution in [3.63, 3.8) is 0 Å². The zero-order valence-electron chi connectivity index (χ0n) is 15.2. The number of benzene rings is 1. The van der Waals surface area contributed by atoms with Crippen molar-refractivity contribution in [2.45, 2.75) is 25.9 Å². The van der Waals surface area contributed by atoms with E-state index >= 15 is 0 Å². The molecular weight excluding hydrogens is 352 g/mol. The lowest BCUT2D eigenvalue weighted by molar-refractivity contribution is -0.00568. The molecule has 0 saturated carbocycles. The highest BCUT2D eigenvalue weighted by Gasteiger charge is 2.28. The summed E-state index contributed by atoms with van der Waals surface area (Å²) >= 11 is 6.31. The average Bonchev–Trinajstić information content (AvgIpc) is 2.66. The van der Waals surface area contributed by atoms with Crippen molar-refractivity contribution in [3.05, 3.63) is 57.5 Å². The molecule has 1 N–H and O–H groups in total. The van der Waals surface area contributed by atoms with Gasteiger partial charge in [-0.25, -0.2) is 4.68 Å². The standard InChI is InChI=1S/C19H25ClN4O2/c1-19(2,23-8-10-26-11-9-23)14-21-16-12-22-24(18(25)17(16)20)13-15-6-4-3-5-7-15/h3-7,12,21H,8-11,13-14H2,1-2H3. The van der Waals surface area contributed by atoms with Gasteiger partial charge in [0.2, 0.25) is 0 Å². The summed E-state index contributed by atoms with van der Waals surface area (Å²) in [6, 6.07) is 9.73. The Balaban J connectivity index is 1.69. The lowest BCUT2D eigenvalue weighted by Crippen LogP contribution is -2.53. The molecule has 26 heavy (non-hydrogen) atoms. The Hall–Kier alpha value is -1.89. The van der Waals surface area contributed by atoms with E-state index in [2.05, 4.69) is 29.2 Å². The van der Waals surface area contributed by atoms with Gasteiger partial charge in [0.25, 0.3) is 5.56 Å². The van der Waals surface area contributed by atoms with E-state index in [1.807, 2.05) is 30.3 Å². The summed E-state index contributed by atoms with van der Waals surface area (Å²) in [4.78, 5) is 14.9. The minimum absolute atomic E-state index is 0.0774. The molecule has 1 aliphatic rings. The van der Waals surface area contributed by atoms with Crippen LogP contribution in [-0.2, 0) is 11.3 Å². The molecule has 0 unspecified atom stereocenters. The Kier molecular flexibility index (Phi) is 5.96. The quantitative estimate of drug-likeness (QED) is 0.839. The van der Waals surface area contributed by atoms with Gasteiger partial charge in [-0.1, -0.05) is 41.9 Å². The molecule has 0 radical (unpaired) electrons. The molecule has 1 aromatic carbocycles. The van der Waals surface area contributed by atoms with Crippen molar-refractivity contribution in [1.82, 2.24) is 14.7 Å². The second-order valence-electron chi connectivity index (χ2n) is 7.09. The first kappa shape index (κ1) is 18.9. The zero-order chi connectivity index (χ0) is 18.6. The van der Waals surface area contributed by atoms with Crippen molar-refractivity contribution in [3.8, 4) is 0 Å². The van der Waals surface area contributed by atoms with Crippen LogP contribution in [0.3, 0.4) is 0 Å². The fourth-order valence-electron chi connectivity index (χ4n) is 3.05. The van der Waals surface area contributed by atoms with E-state index < -0.39 is 0 Å². The fourth-order valence-corrected chi connectivity index (χ4v) is 3.26. The van der Waals surface area contributed by atoms with Gasteiger partial charge in [0.1, 0.15) is 5.02 Å². The molecule has 1 aliphatic heterocycles. The number of aromatic nitrogens is 2. The number of nitrogens with one attached hydrogen (secondary N) is 1. The van der Waals surface area contributed by atoms with Crippen LogP contribution < -0.4 is 10.9 Å². The Morgan fingerprint density at radius 2 is 1.92 bits per heavy atom. The number of hydrogen-bond donors (Lipinski definition) is 1. The minimum atomic E-state index is -0.287. The van der Waals surface area contributed by atoms with Crippen LogP contribution in [0.1, 0.15) is 19.4 Å². The van der Waals surface area contributed by atoms with Crippen LogP contribution in [0.25, 0.3) is 0 Å².